The molecule has 0 bridgehead atoms. The number of methoxy groups -OCH3 is 1. The summed E-state index contributed by atoms with van der Waals surface area (Å²) in [6, 6.07) is 6.49. The van der Waals surface area contributed by atoms with Crippen molar-refractivity contribution in [2.45, 2.75) is 26.9 Å². The van der Waals surface area contributed by atoms with E-state index in [-0.39, 0.29) is 0 Å². The maximum atomic E-state index is 5.63. The SMILES string of the molecule is CCN(CCOC)Cc1ccc(CN)cc1C. The van der Waals surface area contributed by atoms with Crippen LogP contribution in [0.2, 0.25) is 0 Å². The Morgan fingerprint density at radius 2 is 2.12 bits per heavy atom. The zero-order valence-corrected chi connectivity index (χ0v) is 11.2. The summed E-state index contributed by atoms with van der Waals surface area (Å²) in [5.74, 6) is 0. The fourth-order valence-corrected chi connectivity index (χ4v) is 1.87. The second-order valence-corrected chi connectivity index (χ2v) is 4.33. The minimum absolute atomic E-state index is 0.613. The molecule has 1 rings (SSSR count). The van der Waals surface area contributed by atoms with Gasteiger partial charge in [-0.2, -0.15) is 0 Å². The molecule has 0 saturated heterocycles. The van der Waals surface area contributed by atoms with Gasteiger partial charge in [0.15, 0.2) is 0 Å². The second-order valence-electron chi connectivity index (χ2n) is 4.33. The Balaban J connectivity index is 2.65. The van der Waals surface area contributed by atoms with Gasteiger partial charge in [0.05, 0.1) is 6.61 Å². The summed E-state index contributed by atoms with van der Waals surface area (Å²) in [6.07, 6.45) is 0. The standard InChI is InChI=1S/C14H24N2O/c1-4-16(7-8-17-3)11-14-6-5-13(10-15)9-12(14)2/h5-6,9H,4,7-8,10-11,15H2,1-3H3. The molecule has 0 aromatic heterocycles. The van der Waals surface area contributed by atoms with Crippen LogP contribution in [-0.2, 0) is 17.8 Å². The lowest BCUT2D eigenvalue weighted by Gasteiger charge is -2.21. The van der Waals surface area contributed by atoms with Crippen LogP contribution in [0, 0.1) is 6.92 Å². The molecule has 0 aliphatic rings. The van der Waals surface area contributed by atoms with E-state index in [4.69, 9.17) is 10.5 Å². The number of rotatable bonds is 7. The highest BCUT2D eigenvalue weighted by molar-refractivity contribution is 5.30. The van der Waals surface area contributed by atoms with Gasteiger partial charge in [0.25, 0.3) is 0 Å². The third kappa shape index (κ3) is 4.46. The van der Waals surface area contributed by atoms with Crippen LogP contribution in [0.15, 0.2) is 18.2 Å². The van der Waals surface area contributed by atoms with E-state index < -0.39 is 0 Å². The van der Waals surface area contributed by atoms with E-state index in [9.17, 15) is 0 Å². The number of hydrogen-bond donors (Lipinski definition) is 1. The Morgan fingerprint density at radius 1 is 1.35 bits per heavy atom. The molecule has 2 N–H and O–H groups in total. The predicted molar refractivity (Wildman–Crippen MR) is 71.9 cm³/mol. The number of hydrogen-bond acceptors (Lipinski definition) is 3. The molecule has 0 radical (unpaired) electrons. The van der Waals surface area contributed by atoms with Crippen LogP contribution in [0.25, 0.3) is 0 Å². The van der Waals surface area contributed by atoms with Crippen molar-refractivity contribution in [2.75, 3.05) is 26.8 Å². The smallest absolute Gasteiger partial charge is 0.0589 e. The van der Waals surface area contributed by atoms with Gasteiger partial charge in [-0.1, -0.05) is 25.1 Å². The average Bonchev–Trinajstić information content (AvgIpc) is 2.36. The van der Waals surface area contributed by atoms with Crippen molar-refractivity contribution in [2.24, 2.45) is 5.73 Å². The Morgan fingerprint density at radius 3 is 2.65 bits per heavy atom. The van der Waals surface area contributed by atoms with Crippen LogP contribution < -0.4 is 5.73 Å². The molecule has 1 aromatic carbocycles. The molecule has 0 aliphatic heterocycles. The van der Waals surface area contributed by atoms with Gasteiger partial charge in [-0.25, -0.2) is 0 Å². The first-order valence-electron chi connectivity index (χ1n) is 6.21. The van der Waals surface area contributed by atoms with Gasteiger partial charge < -0.3 is 10.5 Å². The molecule has 0 aliphatic carbocycles. The van der Waals surface area contributed by atoms with Crippen molar-refractivity contribution in [1.82, 2.24) is 4.90 Å². The molecule has 0 heterocycles. The van der Waals surface area contributed by atoms with Crippen LogP contribution >= 0.6 is 0 Å². The summed E-state index contributed by atoms with van der Waals surface area (Å²) in [4.78, 5) is 2.38. The molecule has 0 fully saturated rings. The molecule has 0 amide bonds. The first-order valence-corrected chi connectivity index (χ1v) is 6.21. The molecule has 0 atom stereocenters. The Bertz CT molecular complexity index is 339. The molecule has 3 nitrogen and oxygen atoms in total. The fourth-order valence-electron chi connectivity index (χ4n) is 1.87. The van der Waals surface area contributed by atoms with Gasteiger partial charge in [-0.05, 0) is 30.2 Å². The van der Waals surface area contributed by atoms with Crippen LogP contribution in [0.3, 0.4) is 0 Å². The number of benzene rings is 1. The molecule has 0 saturated carbocycles. The molecule has 3 heteroatoms. The third-order valence-corrected chi connectivity index (χ3v) is 3.10. The summed E-state index contributed by atoms with van der Waals surface area (Å²) in [5.41, 5.74) is 9.53. The largest absolute Gasteiger partial charge is 0.383 e. The Kier molecular flexibility index (Phi) is 6.19. The maximum Gasteiger partial charge on any atom is 0.0589 e. The maximum absolute atomic E-state index is 5.63. The van der Waals surface area contributed by atoms with E-state index in [1.54, 1.807) is 7.11 Å². The lowest BCUT2D eigenvalue weighted by molar-refractivity contribution is 0.147. The highest BCUT2D eigenvalue weighted by Crippen LogP contribution is 2.13. The summed E-state index contributed by atoms with van der Waals surface area (Å²) >= 11 is 0. The van der Waals surface area contributed by atoms with Crippen molar-refractivity contribution in [3.05, 3.63) is 34.9 Å². The fraction of sp³-hybridized carbons (Fsp3) is 0.571. The average molecular weight is 236 g/mol. The normalized spacial score (nSPS) is 11.1. The van der Waals surface area contributed by atoms with Crippen molar-refractivity contribution in [3.63, 3.8) is 0 Å². The van der Waals surface area contributed by atoms with Crippen LogP contribution in [0.5, 0.6) is 0 Å². The minimum Gasteiger partial charge on any atom is -0.383 e. The first-order chi connectivity index (χ1) is 8.21. The lowest BCUT2D eigenvalue weighted by atomic mass is 10.0. The molecule has 0 unspecified atom stereocenters. The number of nitrogens with zero attached hydrogens (tertiary/aromatic N) is 1. The highest BCUT2D eigenvalue weighted by atomic mass is 16.5. The van der Waals surface area contributed by atoms with Gasteiger partial charge in [-0.3, -0.25) is 4.90 Å². The van der Waals surface area contributed by atoms with E-state index in [0.717, 1.165) is 26.2 Å². The van der Waals surface area contributed by atoms with Gasteiger partial charge in [0.2, 0.25) is 0 Å². The first kappa shape index (κ1) is 14.2. The monoisotopic (exact) mass is 236 g/mol. The highest BCUT2D eigenvalue weighted by Gasteiger charge is 2.06. The van der Waals surface area contributed by atoms with E-state index in [1.165, 1.54) is 16.7 Å². The van der Waals surface area contributed by atoms with Crippen LogP contribution in [0.4, 0.5) is 0 Å². The molecule has 0 spiro atoms. The number of nitrogens with two attached hydrogens (primary N) is 1. The van der Waals surface area contributed by atoms with E-state index in [0.29, 0.717) is 6.54 Å². The molecular weight excluding hydrogens is 212 g/mol. The summed E-state index contributed by atoms with van der Waals surface area (Å²) < 4.78 is 5.12. The van der Waals surface area contributed by atoms with Gasteiger partial charge in [0.1, 0.15) is 0 Å². The van der Waals surface area contributed by atoms with Crippen molar-refractivity contribution in [3.8, 4) is 0 Å². The van der Waals surface area contributed by atoms with E-state index in [1.807, 2.05) is 0 Å². The quantitative estimate of drug-likeness (QED) is 0.786. The molecule has 96 valence electrons. The van der Waals surface area contributed by atoms with Crippen molar-refractivity contribution >= 4 is 0 Å². The summed E-state index contributed by atoms with van der Waals surface area (Å²) in [6.45, 7) is 8.73. The molecule has 1 aromatic rings. The zero-order chi connectivity index (χ0) is 12.7. The van der Waals surface area contributed by atoms with Gasteiger partial charge in [0, 0.05) is 26.7 Å². The van der Waals surface area contributed by atoms with Gasteiger partial charge >= 0.3 is 0 Å². The Labute approximate surface area is 105 Å². The summed E-state index contributed by atoms with van der Waals surface area (Å²) in [5, 5.41) is 0. The molecular formula is C14H24N2O. The van der Waals surface area contributed by atoms with E-state index >= 15 is 0 Å². The zero-order valence-electron chi connectivity index (χ0n) is 11.2. The van der Waals surface area contributed by atoms with Crippen molar-refractivity contribution < 1.29 is 4.74 Å². The van der Waals surface area contributed by atoms with E-state index in [2.05, 4.69) is 36.9 Å². The number of ether oxygens (including phenoxy) is 1. The summed E-state index contributed by atoms with van der Waals surface area (Å²) in [7, 11) is 1.75. The lowest BCUT2D eigenvalue weighted by Crippen LogP contribution is -2.27. The van der Waals surface area contributed by atoms with Crippen LogP contribution in [-0.4, -0.2) is 31.7 Å². The minimum atomic E-state index is 0.613. The van der Waals surface area contributed by atoms with Crippen molar-refractivity contribution in [1.29, 1.82) is 0 Å². The second kappa shape index (κ2) is 7.43. The molecule has 17 heavy (non-hydrogen) atoms. The number of likely N-dealkylation sites (N-methyl/N-ethyl adjacent to an activating group) is 1. The van der Waals surface area contributed by atoms with Crippen LogP contribution in [0.1, 0.15) is 23.6 Å². The van der Waals surface area contributed by atoms with Gasteiger partial charge in [-0.15, -0.1) is 0 Å². The third-order valence-electron chi connectivity index (χ3n) is 3.10. The Hall–Kier alpha value is -0.900. The number of aryl methyl sites for hydroxylation is 1. The predicted octanol–water partition coefficient (Wildman–Crippen LogP) is 1.92. The topological polar surface area (TPSA) is 38.5 Å².